The maximum Gasteiger partial charge on any atom is 0.180 e. The molecule has 0 radical (unpaired) electrons. The Morgan fingerprint density at radius 1 is 1.05 bits per heavy atom. The lowest BCUT2D eigenvalue weighted by Crippen LogP contribution is -2.01. The van der Waals surface area contributed by atoms with Gasteiger partial charge in [0.15, 0.2) is 11.5 Å². The van der Waals surface area contributed by atoms with Crippen molar-refractivity contribution in [1.29, 1.82) is 0 Å². The van der Waals surface area contributed by atoms with Crippen molar-refractivity contribution in [3.63, 3.8) is 0 Å². The van der Waals surface area contributed by atoms with E-state index in [0.717, 1.165) is 16.9 Å². The van der Waals surface area contributed by atoms with Crippen molar-refractivity contribution in [2.45, 2.75) is 11.9 Å². The molecule has 2 aromatic carbocycles. The van der Waals surface area contributed by atoms with Crippen molar-refractivity contribution < 1.29 is 14.2 Å². The molecule has 0 unspecified atom stereocenters. The second kappa shape index (κ2) is 7.57. The van der Waals surface area contributed by atoms with Crippen LogP contribution in [0.3, 0.4) is 0 Å². The molecule has 0 heterocycles. The van der Waals surface area contributed by atoms with Gasteiger partial charge >= 0.3 is 0 Å². The Morgan fingerprint density at radius 3 is 2.43 bits per heavy atom. The van der Waals surface area contributed by atoms with Gasteiger partial charge in [-0.05, 0) is 23.8 Å². The van der Waals surface area contributed by atoms with Crippen LogP contribution in [0.25, 0.3) is 0 Å². The number of hydrogen-bond acceptors (Lipinski definition) is 3. The molecule has 0 atom stereocenters. The molecular formula is C16H16BrClO3. The van der Waals surface area contributed by atoms with Gasteiger partial charge in [-0.15, -0.1) is 0 Å². The predicted octanol–water partition coefficient (Wildman–Crippen LogP) is 4.83. The Balaban J connectivity index is 2.23. The van der Waals surface area contributed by atoms with Crippen LogP contribution in [0.4, 0.5) is 0 Å². The molecule has 0 aliphatic rings. The minimum absolute atomic E-state index is 0.355. The van der Waals surface area contributed by atoms with Gasteiger partial charge in [0.05, 0.1) is 19.2 Å². The highest BCUT2D eigenvalue weighted by atomic mass is 79.9. The lowest BCUT2D eigenvalue weighted by atomic mass is 10.2. The molecule has 0 N–H and O–H groups in total. The summed E-state index contributed by atoms with van der Waals surface area (Å²) in [6.45, 7) is 0.355. The monoisotopic (exact) mass is 370 g/mol. The normalized spacial score (nSPS) is 10.3. The SMILES string of the molecule is COc1ccccc1COc1c(Cl)cc(CBr)cc1OC. The van der Waals surface area contributed by atoms with Crippen molar-refractivity contribution >= 4 is 27.5 Å². The minimum Gasteiger partial charge on any atom is -0.496 e. The van der Waals surface area contributed by atoms with Gasteiger partial charge in [-0.2, -0.15) is 0 Å². The van der Waals surface area contributed by atoms with Crippen LogP contribution in [0.1, 0.15) is 11.1 Å². The van der Waals surface area contributed by atoms with Crippen LogP contribution in [-0.4, -0.2) is 14.2 Å². The summed E-state index contributed by atoms with van der Waals surface area (Å²) in [6, 6.07) is 11.5. The average molecular weight is 372 g/mol. The van der Waals surface area contributed by atoms with Gasteiger partial charge in [-0.3, -0.25) is 0 Å². The summed E-state index contributed by atoms with van der Waals surface area (Å²) in [7, 11) is 3.23. The van der Waals surface area contributed by atoms with Crippen LogP contribution in [0.2, 0.25) is 5.02 Å². The van der Waals surface area contributed by atoms with E-state index in [0.29, 0.717) is 28.5 Å². The highest BCUT2D eigenvalue weighted by molar-refractivity contribution is 9.08. The van der Waals surface area contributed by atoms with Crippen LogP contribution >= 0.6 is 27.5 Å². The Labute approximate surface area is 137 Å². The Bertz CT molecular complexity index is 616. The third kappa shape index (κ3) is 3.83. The molecule has 0 aliphatic carbocycles. The van der Waals surface area contributed by atoms with Gasteiger partial charge in [0.25, 0.3) is 0 Å². The number of benzene rings is 2. The van der Waals surface area contributed by atoms with Crippen molar-refractivity contribution in [3.8, 4) is 17.2 Å². The molecular weight excluding hydrogens is 356 g/mol. The number of alkyl halides is 1. The van der Waals surface area contributed by atoms with Crippen molar-refractivity contribution in [2.75, 3.05) is 14.2 Å². The van der Waals surface area contributed by atoms with Crippen LogP contribution in [0.5, 0.6) is 17.2 Å². The fraction of sp³-hybridized carbons (Fsp3) is 0.250. The molecule has 0 spiro atoms. The van der Waals surface area contributed by atoms with Gasteiger partial charge in [0, 0.05) is 10.9 Å². The summed E-state index contributed by atoms with van der Waals surface area (Å²) < 4.78 is 16.5. The van der Waals surface area contributed by atoms with E-state index in [9.17, 15) is 0 Å². The third-order valence-corrected chi connectivity index (χ3v) is 3.94. The van der Waals surface area contributed by atoms with Gasteiger partial charge in [-0.25, -0.2) is 0 Å². The first-order chi connectivity index (χ1) is 10.2. The van der Waals surface area contributed by atoms with Crippen molar-refractivity contribution in [2.24, 2.45) is 0 Å². The van der Waals surface area contributed by atoms with Crippen LogP contribution in [0.15, 0.2) is 36.4 Å². The first-order valence-electron chi connectivity index (χ1n) is 6.36. The summed E-state index contributed by atoms with van der Waals surface area (Å²) in [6.07, 6.45) is 0. The molecule has 0 fully saturated rings. The summed E-state index contributed by atoms with van der Waals surface area (Å²) in [5.74, 6) is 1.94. The number of hydrogen-bond donors (Lipinski definition) is 0. The first-order valence-corrected chi connectivity index (χ1v) is 7.86. The Morgan fingerprint density at radius 2 is 1.76 bits per heavy atom. The molecule has 0 aliphatic heterocycles. The number of halogens is 2. The highest BCUT2D eigenvalue weighted by Crippen LogP contribution is 2.37. The molecule has 21 heavy (non-hydrogen) atoms. The van der Waals surface area contributed by atoms with Crippen molar-refractivity contribution in [3.05, 3.63) is 52.5 Å². The maximum absolute atomic E-state index is 6.27. The number of para-hydroxylation sites is 1. The second-order valence-corrected chi connectivity index (χ2v) is 5.31. The fourth-order valence-electron chi connectivity index (χ4n) is 1.96. The number of methoxy groups -OCH3 is 2. The van der Waals surface area contributed by atoms with E-state index < -0.39 is 0 Å². The Kier molecular flexibility index (Phi) is 5.76. The van der Waals surface area contributed by atoms with Gasteiger partial charge < -0.3 is 14.2 Å². The van der Waals surface area contributed by atoms with E-state index in [4.69, 9.17) is 25.8 Å². The minimum atomic E-state index is 0.355. The van der Waals surface area contributed by atoms with E-state index in [2.05, 4.69) is 15.9 Å². The zero-order chi connectivity index (χ0) is 15.2. The molecule has 5 heteroatoms. The van der Waals surface area contributed by atoms with Crippen LogP contribution < -0.4 is 14.2 Å². The van der Waals surface area contributed by atoms with Gasteiger partial charge in [0.2, 0.25) is 0 Å². The Hall–Kier alpha value is -1.39. The second-order valence-electron chi connectivity index (χ2n) is 4.34. The van der Waals surface area contributed by atoms with E-state index in [1.54, 1.807) is 14.2 Å². The summed E-state index contributed by atoms with van der Waals surface area (Å²) in [5.41, 5.74) is 1.98. The molecule has 0 aromatic heterocycles. The van der Waals surface area contributed by atoms with Crippen molar-refractivity contribution in [1.82, 2.24) is 0 Å². The van der Waals surface area contributed by atoms with Crippen LogP contribution in [0, 0.1) is 0 Å². The molecule has 2 rings (SSSR count). The molecule has 0 bridgehead atoms. The van der Waals surface area contributed by atoms with Gasteiger partial charge in [0.1, 0.15) is 12.4 Å². The van der Waals surface area contributed by atoms with Gasteiger partial charge in [-0.1, -0.05) is 45.7 Å². The highest BCUT2D eigenvalue weighted by Gasteiger charge is 2.13. The lowest BCUT2D eigenvalue weighted by Gasteiger charge is -2.15. The largest absolute Gasteiger partial charge is 0.496 e. The van der Waals surface area contributed by atoms with E-state index in [1.807, 2.05) is 36.4 Å². The smallest absolute Gasteiger partial charge is 0.180 e. The standard InChI is InChI=1S/C16H16BrClO3/c1-19-14-6-4-3-5-12(14)10-21-16-13(18)7-11(9-17)8-15(16)20-2/h3-8H,9-10H2,1-2H3. The number of rotatable bonds is 6. The van der Waals surface area contributed by atoms with E-state index >= 15 is 0 Å². The zero-order valence-electron chi connectivity index (χ0n) is 11.9. The van der Waals surface area contributed by atoms with E-state index in [-0.39, 0.29) is 0 Å². The summed E-state index contributed by atoms with van der Waals surface area (Å²) in [5, 5.41) is 1.23. The summed E-state index contributed by atoms with van der Waals surface area (Å²) >= 11 is 9.68. The zero-order valence-corrected chi connectivity index (χ0v) is 14.2. The molecule has 3 nitrogen and oxygen atoms in total. The maximum atomic E-state index is 6.27. The fourth-order valence-corrected chi connectivity index (χ4v) is 2.57. The average Bonchev–Trinajstić information content (AvgIpc) is 2.53. The quantitative estimate of drug-likeness (QED) is 0.681. The molecule has 112 valence electrons. The molecule has 0 amide bonds. The van der Waals surface area contributed by atoms with Crippen LogP contribution in [-0.2, 0) is 11.9 Å². The lowest BCUT2D eigenvalue weighted by molar-refractivity contribution is 0.278. The topological polar surface area (TPSA) is 27.7 Å². The molecule has 0 saturated heterocycles. The molecule has 2 aromatic rings. The van der Waals surface area contributed by atoms with E-state index in [1.165, 1.54) is 0 Å². The predicted molar refractivity (Wildman–Crippen MR) is 88.0 cm³/mol. The summed E-state index contributed by atoms with van der Waals surface area (Å²) in [4.78, 5) is 0. The molecule has 0 saturated carbocycles. The third-order valence-electron chi connectivity index (χ3n) is 3.01. The number of ether oxygens (including phenoxy) is 3. The first kappa shape index (κ1) is 16.0.